The molecule has 166 valence electrons. The molecule has 1 aliphatic rings. The monoisotopic (exact) mass is 444 g/mol. The summed E-state index contributed by atoms with van der Waals surface area (Å²) >= 11 is 0. The second-order valence-electron chi connectivity index (χ2n) is 7.59. The van der Waals surface area contributed by atoms with Crippen molar-refractivity contribution in [3.05, 3.63) is 105 Å². The summed E-state index contributed by atoms with van der Waals surface area (Å²) in [6, 6.07) is 18.3. The topological polar surface area (TPSA) is 110 Å². The third-order valence-corrected chi connectivity index (χ3v) is 5.49. The third-order valence-electron chi connectivity index (χ3n) is 5.49. The Balaban J connectivity index is 1.92. The SMILES string of the molecule is COc1cccc(N2C(=O)C(=O)/C(=C(/O)c3ccc([N+](=O)[O-])cc3)C2c2cccc(C)c2)c1. The van der Waals surface area contributed by atoms with E-state index in [9.17, 15) is 24.8 Å². The Bertz CT molecular complexity index is 1300. The summed E-state index contributed by atoms with van der Waals surface area (Å²) in [7, 11) is 1.50. The van der Waals surface area contributed by atoms with Gasteiger partial charge in [-0.05, 0) is 36.8 Å². The number of aliphatic hydroxyl groups is 1. The molecule has 1 amide bonds. The van der Waals surface area contributed by atoms with Gasteiger partial charge in [-0.2, -0.15) is 0 Å². The molecular weight excluding hydrogens is 424 g/mol. The number of ether oxygens (including phenoxy) is 1. The number of non-ortho nitro benzene ring substituents is 1. The molecule has 1 saturated heterocycles. The van der Waals surface area contributed by atoms with E-state index in [0.29, 0.717) is 17.0 Å². The fraction of sp³-hybridized carbons (Fsp3) is 0.120. The Hall–Kier alpha value is -4.46. The number of carbonyl (C=O) groups is 2. The average molecular weight is 444 g/mol. The molecule has 1 aliphatic heterocycles. The molecule has 8 heteroatoms. The third kappa shape index (κ3) is 3.94. The van der Waals surface area contributed by atoms with Gasteiger partial charge in [-0.1, -0.05) is 35.9 Å². The molecule has 1 N–H and O–H groups in total. The van der Waals surface area contributed by atoms with Gasteiger partial charge in [0.15, 0.2) is 0 Å². The van der Waals surface area contributed by atoms with Crippen molar-refractivity contribution in [2.45, 2.75) is 13.0 Å². The maximum absolute atomic E-state index is 13.2. The smallest absolute Gasteiger partial charge is 0.300 e. The van der Waals surface area contributed by atoms with Crippen LogP contribution in [0, 0.1) is 17.0 Å². The van der Waals surface area contributed by atoms with E-state index in [1.54, 1.807) is 30.3 Å². The fourth-order valence-corrected chi connectivity index (χ4v) is 3.91. The summed E-state index contributed by atoms with van der Waals surface area (Å²) in [5, 5.41) is 22.1. The number of nitro benzene ring substituents is 1. The lowest BCUT2D eigenvalue weighted by molar-refractivity contribution is -0.384. The van der Waals surface area contributed by atoms with Crippen LogP contribution in [0.25, 0.3) is 5.76 Å². The number of nitro groups is 1. The van der Waals surface area contributed by atoms with Gasteiger partial charge in [-0.25, -0.2) is 0 Å². The first kappa shape index (κ1) is 21.8. The van der Waals surface area contributed by atoms with Gasteiger partial charge < -0.3 is 9.84 Å². The molecule has 1 unspecified atom stereocenters. The number of ketones is 1. The summed E-state index contributed by atoms with van der Waals surface area (Å²) in [6.07, 6.45) is 0. The molecule has 3 aromatic rings. The zero-order valence-electron chi connectivity index (χ0n) is 17.9. The quantitative estimate of drug-likeness (QED) is 0.203. The molecule has 1 atom stereocenters. The van der Waals surface area contributed by atoms with Gasteiger partial charge in [0.25, 0.3) is 17.4 Å². The first-order valence-electron chi connectivity index (χ1n) is 10.1. The second kappa shape index (κ2) is 8.58. The molecule has 4 rings (SSSR count). The zero-order chi connectivity index (χ0) is 23.7. The lowest BCUT2D eigenvalue weighted by Gasteiger charge is -2.26. The van der Waals surface area contributed by atoms with Crippen LogP contribution in [-0.4, -0.2) is 28.8 Å². The van der Waals surface area contributed by atoms with E-state index < -0.39 is 28.4 Å². The van der Waals surface area contributed by atoms with Gasteiger partial charge in [-0.15, -0.1) is 0 Å². The van der Waals surface area contributed by atoms with Crippen LogP contribution < -0.4 is 9.64 Å². The largest absolute Gasteiger partial charge is 0.507 e. The summed E-state index contributed by atoms with van der Waals surface area (Å²) < 4.78 is 5.27. The van der Waals surface area contributed by atoms with Crippen molar-refractivity contribution < 1.29 is 24.4 Å². The van der Waals surface area contributed by atoms with Gasteiger partial charge in [0.05, 0.1) is 23.6 Å². The molecular formula is C25H20N2O6. The van der Waals surface area contributed by atoms with E-state index in [2.05, 4.69) is 0 Å². The van der Waals surface area contributed by atoms with Gasteiger partial charge in [-0.3, -0.25) is 24.6 Å². The highest BCUT2D eigenvalue weighted by Crippen LogP contribution is 2.43. The van der Waals surface area contributed by atoms with E-state index in [1.807, 2.05) is 25.1 Å². The van der Waals surface area contributed by atoms with Crippen molar-refractivity contribution in [2.75, 3.05) is 12.0 Å². The minimum Gasteiger partial charge on any atom is -0.507 e. The van der Waals surface area contributed by atoms with E-state index in [4.69, 9.17) is 4.74 Å². The van der Waals surface area contributed by atoms with Crippen LogP contribution in [0.2, 0.25) is 0 Å². The zero-order valence-corrected chi connectivity index (χ0v) is 17.9. The summed E-state index contributed by atoms with van der Waals surface area (Å²) in [6.45, 7) is 1.89. The van der Waals surface area contributed by atoms with Crippen LogP contribution >= 0.6 is 0 Å². The first-order chi connectivity index (χ1) is 15.8. The average Bonchev–Trinajstić information content (AvgIpc) is 3.09. The van der Waals surface area contributed by atoms with Crippen molar-refractivity contribution >= 4 is 28.8 Å². The van der Waals surface area contributed by atoms with Crippen LogP contribution in [0.5, 0.6) is 5.75 Å². The lowest BCUT2D eigenvalue weighted by atomic mass is 9.94. The van der Waals surface area contributed by atoms with E-state index in [1.165, 1.54) is 36.3 Å². The summed E-state index contributed by atoms with van der Waals surface area (Å²) in [4.78, 5) is 38.1. The van der Waals surface area contributed by atoms with Gasteiger partial charge in [0.1, 0.15) is 11.5 Å². The number of aliphatic hydroxyl groups excluding tert-OH is 1. The molecule has 0 bridgehead atoms. The molecule has 33 heavy (non-hydrogen) atoms. The van der Waals surface area contributed by atoms with Crippen molar-refractivity contribution in [2.24, 2.45) is 0 Å². The molecule has 1 fully saturated rings. The number of nitrogens with zero attached hydrogens (tertiary/aromatic N) is 2. The van der Waals surface area contributed by atoms with E-state index >= 15 is 0 Å². The first-order valence-corrected chi connectivity index (χ1v) is 10.1. The highest BCUT2D eigenvalue weighted by Gasteiger charge is 2.47. The van der Waals surface area contributed by atoms with Crippen LogP contribution in [0.4, 0.5) is 11.4 Å². The van der Waals surface area contributed by atoms with Crippen LogP contribution in [0.3, 0.4) is 0 Å². The number of anilines is 1. The molecule has 3 aromatic carbocycles. The molecule has 0 radical (unpaired) electrons. The van der Waals surface area contributed by atoms with Crippen molar-refractivity contribution in [1.29, 1.82) is 0 Å². The summed E-state index contributed by atoms with van der Waals surface area (Å²) in [5.41, 5.74) is 1.94. The Morgan fingerprint density at radius 1 is 1.03 bits per heavy atom. The van der Waals surface area contributed by atoms with E-state index in [-0.39, 0.29) is 16.8 Å². The number of methoxy groups -OCH3 is 1. The summed E-state index contributed by atoms with van der Waals surface area (Å²) in [5.74, 6) is -1.54. The van der Waals surface area contributed by atoms with Crippen LogP contribution in [0.1, 0.15) is 22.7 Å². The maximum atomic E-state index is 13.2. The predicted octanol–water partition coefficient (Wildman–Crippen LogP) is 4.54. The molecule has 0 aromatic heterocycles. The number of aryl methyl sites for hydroxylation is 1. The standard InChI is InChI=1S/C25H20N2O6/c1-15-5-3-6-17(13-15)22-21(23(28)16-9-11-18(12-10-16)27(31)32)24(29)25(30)26(22)19-7-4-8-20(14-19)33-2/h3-14,22,28H,1-2H3/b23-21+. The van der Waals surface area contributed by atoms with Crippen LogP contribution in [0.15, 0.2) is 78.4 Å². The number of Topliss-reactive ketones (excluding diaryl/α,β-unsaturated/α-hetero) is 1. The molecule has 8 nitrogen and oxygen atoms in total. The van der Waals surface area contributed by atoms with Crippen molar-refractivity contribution in [3.8, 4) is 5.75 Å². The number of hydrogen-bond acceptors (Lipinski definition) is 6. The van der Waals surface area contributed by atoms with E-state index in [0.717, 1.165) is 5.56 Å². The second-order valence-corrected chi connectivity index (χ2v) is 7.59. The number of carbonyl (C=O) groups excluding carboxylic acids is 2. The molecule has 1 heterocycles. The van der Waals surface area contributed by atoms with Gasteiger partial charge >= 0.3 is 0 Å². The highest BCUT2D eigenvalue weighted by atomic mass is 16.6. The molecule has 0 spiro atoms. The van der Waals surface area contributed by atoms with Gasteiger partial charge in [0, 0.05) is 29.4 Å². The number of hydrogen-bond donors (Lipinski definition) is 1. The minimum absolute atomic E-state index is 0.0951. The van der Waals surface area contributed by atoms with Crippen LogP contribution in [-0.2, 0) is 9.59 Å². The van der Waals surface area contributed by atoms with Crippen molar-refractivity contribution in [1.82, 2.24) is 0 Å². The Morgan fingerprint density at radius 2 is 1.73 bits per heavy atom. The predicted molar refractivity (Wildman–Crippen MR) is 122 cm³/mol. The number of amides is 1. The Morgan fingerprint density at radius 3 is 2.36 bits per heavy atom. The number of rotatable bonds is 5. The molecule has 0 aliphatic carbocycles. The van der Waals surface area contributed by atoms with Crippen molar-refractivity contribution in [3.63, 3.8) is 0 Å². The maximum Gasteiger partial charge on any atom is 0.300 e. The normalized spacial score (nSPS) is 17.3. The Labute approximate surface area is 189 Å². The molecule has 0 saturated carbocycles. The highest BCUT2D eigenvalue weighted by molar-refractivity contribution is 6.51. The van der Waals surface area contributed by atoms with Gasteiger partial charge in [0.2, 0.25) is 0 Å². The Kier molecular flexibility index (Phi) is 5.66. The number of benzene rings is 3. The fourth-order valence-electron chi connectivity index (χ4n) is 3.91. The minimum atomic E-state index is -0.896. The lowest BCUT2D eigenvalue weighted by Crippen LogP contribution is -2.29.